The van der Waals surface area contributed by atoms with E-state index in [1.165, 1.54) is 0 Å². The summed E-state index contributed by atoms with van der Waals surface area (Å²) >= 11 is 0. The Morgan fingerprint density at radius 2 is 0.771 bits per heavy atom. The van der Waals surface area contributed by atoms with Crippen molar-refractivity contribution in [3.05, 3.63) is 0 Å². The molecule has 0 unspecified atom stereocenters. The molecule has 0 atom stereocenters. The summed E-state index contributed by atoms with van der Waals surface area (Å²) in [6.45, 7) is -5.88. The van der Waals surface area contributed by atoms with Crippen molar-refractivity contribution < 1.29 is 89.3 Å². The van der Waals surface area contributed by atoms with Crippen LogP contribution in [0.5, 0.6) is 0 Å². The van der Waals surface area contributed by atoms with Gasteiger partial charge >= 0.3 is 60.3 Å². The van der Waals surface area contributed by atoms with Gasteiger partial charge in [-0.1, -0.05) is 0 Å². The van der Waals surface area contributed by atoms with Crippen LogP contribution in [0.4, 0.5) is 70.2 Å². The molecule has 203 valence electrons. The topological polar surface area (TPSA) is 52.6 Å². The van der Waals surface area contributed by atoms with Crippen LogP contribution in [0.3, 0.4) is 0 Å². The minimum atomic E-state index is -6.75. The maximum Gasteiger partial charge on any atom is 0.381 e. The number of carbonyl (C=O) groups excluding carboxylic acids is 2. The molecule has 4 nitrogen and oxygen atoms in total. The Balaban J connectivity index is 0. The number of halogens is 16. The molecule has 0 rings (SSSR count). The van der Waals surface area contributed by atoms with Crippen LogP contribution in [-0.2, 0) is 19.1 Å². The summed E-state index contributed by atoms with van der Waals surface area (Å²) in [5, 5.41) is 0. The summed E-state index contributed by atoms with van der Waals surface area (Å²) in [5.41, 5.74) is 0. The smallest absolute Gasteiger partial charge is 0.381 e. The van der Waals surface area contributed by atoms with Gasteiger partial charge in [-0.05, 0) is 0 Å². The van der Waals surface area contributed by atoms with Gasteiger partial charge in [0.05, 0.1) is 12.8 Å². The number of esters is 2. The van der Waals surface area contributed by atoms with Gasteiger partial charge in [0.2, 0.25) is 0 Å². The zero-order valence-corrected chi connectivity index (χ0v) is 18.7. The second-order valence-electron chi connectivity index (χ2n) is 6.23. The molecule has 0 heterocycles. The maximum atomic E-state index is 13.1. The van der Waals surface area contributed by atoms with E-state index in [4.69, 9.17) is 0 Å². The van der Waals surface area contributed by atoms with E-state index >= 15 is 0 Å². The van der Waals surface area contributed by atoms with Crippen molar-refractivity contribution in [3.63, 3.8) is 0 Å². The summed E-state index contributed by atoms with van der Waals surface area (Å²) < 4.78 is 209. The molecule has 0 aliphatic carbocycles. The van der Waals surface area contributed by atoms with E-state index in [-0.39, 0.29) is 29.6 Å². The minimum Gasteiger partial charge on any atom is -0.459 e. The third kappa shape index (κ3) is 7.65. The van der Waals surface area contributed by atoms with Crippen LogP contribution in [0.2, 0.25) is 0 Å². The van der Waals surface area contributed by atoms with E-state index in [9.17, 15) is 79.8 Å². The number of rotatable bonds is 13. The molecule has 0 spiro atoms. The Kier molecular flexibility index (Phi) is 12.2. The van der Waals surface area contributed by atoms with Crippen LogP contribution >= 0.6 is 0 Å². The third-order valence-electron chi connectivity index (χ3n) is 3.67. The van der Waals surface area contributed by atoms with E-state index in [0.717, 1.165) is 0 Å². The molecule has 0 aromatic rings. The first-order valence-electron chi connectivity index (χ1n) is 8.03. The Bertz CT molecular complexity index is 667. The molecule has 0 saturated heterocycles. The average Bonchev–Trinajstić information content (AvgIpc) is 2.68. The SMILES string of the molecule is O=C(CCC(=O)OCC(F)(F)C(F)(F)C(F)(F)C(F)F)OCC(F)(F)C(F)(F)C(F)(F)C(F)F.[Na]. The van der Waals surface area contributed by atoms with Gasteiger partial charge in [0, 0.05) is 29.6 Å². The van der Waals surface area contributed by atoms with E-state index in [1.54, 1.807) is 0 Å². The van der Waals surface area contributed by atoms with Crippen molar-refractivity contribution in [2.24, 2.45) is 0 Å². The molecule has 0 aliphatic heterocycles. The van der Waals surface area contributed by atoms with Crippen LogP contribution in [-0.4, -0.2) is 103 Å². The summed E-state index contributed by atoms with van der Waals surface area (Å²) in [7, 11) is 0. The summed E-state index contributed by atoms with van der Waals surface area (Å²) in [4.78, 5) is 22.2. The fraction of sp³-hybridized carbons (Fsp3) is 0.857. The maximum absolute atomic E-state index is 13.1. The van der Waals surface area contributed by atoms with Crippen LogP contribution in [0, 0.1) is 0 Å². The van der Waals surface area contributed by atoms with Gasteiger partial charge in [-0.3, -0.25) is 9.59 Å². The van der Waals surface area contributed by atoms with Gasteiger partial charge in [-0.2, -0.15) is 52.7 Å². The summed E-state index contributed by atoms with van der Waals surface area (Å²) in [6.07, 6.45) is -13.7. The van der Waals surface area contributed by atoms with E-state index < -0.39 is 86.4 Å². The predicted octanol–water partition coefficient (Wildman–Crippen LogP) is 4.81. The van der Waals surface area contributed by atoms with E-state index in [2.05, 4.69) is 9.47 Å². The second-order valence-corrected chi connectivity index (χ2v) is 6.23. The number of alkyl halides is 16. The quantitative estimate of drug-likeness (QED) is 0.182. The number of hydrogen-bond donors (Lipinski definition) is 0. The molecular formula is C14H10F16NaO4. The first-order valence-corrected chi connectivity index (χ1v) is 8.03. The molecule has 1 radical (unpaired) electrons. The molecule has 0 saturated carbocycles. The van der Waals surface area contributed by atoms with Crippen LogP contribution in [0.15, 0.2) is 0 Å². The molecule has 0 aliphatic rings. The molecule has 0 N–H and O–H groups in total. The predicted molar refractivity (Wildman–Crippen MR) is 78.6 cm³/mol. The van der Waals surface area contributed by atoms with Gasteiger partial charge in [-0.15, -0.1) is 0 Å². The molecule has 0 bridgehead atoms. The van der Waals surface area contributed by atoms with Crippen molar-refractivity contribution in [1.29, 1.82) is 0 Å². The molecule has 0 aromatic heterocycles. The van der Waals surface area contributed by atoms with E-state index in [0.29, 0.717) is 0 Å². The fourth-order valence-electron chi connectivity index (χ4n) is 1.63. The number of ether oxygens (including phenoxy) is 2. The van der Waals surface area contributed by atoms with Crippen molar-refractivity contribution in [2.75, 3.05) is 13.2 Å². The average molecular weight is 569 g/mol. The van der Waals surface area contributed by atoms with Crippen LogP contribution < -0.4 is 0 Å². The zero-order valence-electron chi connectivity index (χ0n) is 16.7. The van der Waals surface area contributed by atoms with Gasteiger partial charge < -0.3 is 9.47 Å². The summed E-state index contributed by atoms with van der Waals surface area (Å²) in [5.74, 6) is -43.1. The Morgan fingerprint density at radius 3 is 0.971 bits per heavy atom. The van der Waals surface area contributed by atoms with Gasteiger partial charge in [0.1, 0.15) is 0 Å². The third-order valence-corrected chi connectivity index (χ3v) is 3.67. The Labute approximate surface area is 205 Å². The minimum absolute atomic E-state index is 0. The normalized spacial score (nSPS) is 14.1. The second kappa shape index (κ2) is 11.9. The monoisotopic (exact) mass is 569 g/mol. The molecule has 21 heteroatoms. The first kappa shape index (κ1) is 36.0. The Morgan fingerprint density at radius 1 is 0.543 bits per heavy atom. The number of hydrogen-bond acceptors (Lipinski definition) is 4. The molecule has 0 aromatic carbocycles. The first-order chi connectivity index (χ1) is 14.9. The van der Waals surface area contributed by atoms with Gasteiger partial charge in [0.15, 0.2) is 13.2 Å². The van der Waals surface area contributed by atoms with Crippen molar-refractivity contribution in [3.8, 4) is 0 Å². The number of carbonyl (C=O) groups is 2. The molecule has 35 heavy (non-hydrogen) atoms. The van der Waals surface area contributed by atoms with Crippen molar-refractivity contribution in [2.45, 2.75) is 61.2 Å². The molecule has 0 amide bonds. The summed E-state index contributed by atoms with van der Waals surface area (Å²) in [6, 6.07) is 0. The van der Waals surface area contributed by atoms with Gasteiger partial charge in [-0.25, -0.2) is 17.6 Å². The fourth-order valence-corrected chi connectivity index (χ4v) is 1.63. The van der Waals surface area contributed by atoms with Gasteiger partial charge in [0.25, 0.3) is 0 Å². The Hall–Kier alpha value is -1.18. The van der Waals surface area contributed by atoms with E-state index in [1.807, 2.05) is 0 Å². The van der Waals surface area contributed by atoms with Crippen molar-refractivity contribution in [1.82, 2.24) is 0 Å². The van der Waals surface area contributed by atoms with Crippen LogP contribution in [0.1, 0.15) is 12.8 Å². The van der Waals surface area contributed by atoms with Crippen molar-refractivity contribution >= 4 is 41.5 Å². The molecule has 0 fully saturated rings. The zero-order chi connectivity index (χ0) is 27.6. The standard InChI is InChI=1S/C14H10F16O4.Na/c15-7(16)11(23,24)13(27,28)9(19,20)3-33-5(31)1-2-6(32)34-4-10(21,22)14(29,30)12(25,26)8(17)18;/h7-8H,1-4H2;. The molecular weight excluding hydrogens is 559 g/mol. The largest absolute Gasteiger partial charge is 0.459 e. The van der Waals surface area contributed by atoms with Crippen LogP contribution in [0.25, 0.3) is 0 Å².